The van der Waals surface area contributed by atoms with E-state index < -0.39 is 0 Å². The molecule has 0 spiro atoms. The summed E-state index contributed by atoms with van der Waals surface area (Å²) >= 11 is 6.11. The van der Waals surface area contributed by atoms with Crippen LogP contribution < -0.4 is 5.32 Å². The van der Waals surface area contributed by atoms with Gasteiger partial charge in [-0.2, -0.15) is 0 Å². The average Bonchev–Trinajstić information content (AvgIpc) is 2.34. The van der Waals surface area contributed by atoms with Gasteiger partial charge in [-0.05, 0) is 48.1 Å². The van der Waals surface area contributed by atoms with Gasteiger partial charge < -0.3 is 5.32 Å². The van der Waals surface area contributed by atoms with Crippen LogP contribution in [0, 0.1) is 13.8 Å². The molecule has 3 heteroatoms. The normalized spacial score (nSPS) is 11.5. The van der Waals surface area contributed by atoms with Crippen molar-refractivity contribution < 1.29 is 0 Å². The molecule has 0 unspecified atom stereocenters. The molecule has 20 heavy (non-hydrogen) atoms. The molecular weight excluding hydrogens is 268 g/mol. The Morgan fingerprint density at radius 3 is 2.20 bits per heavy atom. The van der Waals surface area contributed by atoms with Crippen molar-refractivity contribution in [2.45, 2.75) is 40.0 Å². The molecule has 0 saturated heterocycles. The number of pyridine rings is 1. The highest BCUT2D eigenvalue weighted by Gasteiger charge is 2.16. The summed E-state index contributed by atoms with van der Waals surface area (Å²) < 4.78 is 0. The van der Waals surface area contributed by atoms with Crippen molar-refractivity contribution in [1.82, 2.24) is 4.98 Å². The molecule has 2 aromatic rings. The fourth-order valence-corrected chi connectivity index (χ4v) is 2.37. The minimum absolute atomic E-state index is 0.153. The van der Waals surface area contributed by atoms with Gasteiger partial charge in [0.15, 0.2) is 5.15 Å². The summed E-state index contributed by atoms with van der Waals surface area (Å²) in [6.07, 6.45) is 1.69. The van der Waals surface area contributed by atoms with Crippen molar-refractivity contribution in [2.75, 3.05) is 5.32 Å². The maximum atomic E-state index is 6.11. The molecule has 0 amide bonds. The standard InChI is InChI=1S/C17H21ClN2/c1-11-9-13(17(3,4)5)10-12(2)15(11)20-14-7-6-8-19-16(14)18/h6-10,20H,1-5H3. The number of nitrogens with zero attached hydrogens (tertiary/aromatic N) is 1. The lowest BCUT2D eigenvalue weighted by Crippen LogP contribution is -2.12. The average molecular weight is 289 g/mol. The van der Waals surface area contributed by atoms with Gasteiger partial charge >= 0.3 is 0 Å². The van der Waals surface area contributed by atoms with Gasteiger partial charge in [0.1, 0.15) is 0 Å². The summed E-state index contributed by atoms with van der Waals surface area (Å²) in [4.78, 5) is 4.09. The highest BCUT2D eigenvalue weighted by molar-refractivity contribution is 6.32. The Morgan fingerprint density at radius 1 is 1.10 bits per heavy atom. The lowest BCUT2D eigenvalue weighted by molar-refractivity contribution is 0.589. The zero-order valence-electron chi connectivity index (χ0n) is 12.7. The first-order valence-electron chi connectivity index (χ1n) is 6.78. The van der Waals surface area contributed by atoms with Crippen molar-refractivity contribution in [2.24, 2.45) is 0 Å². The molecule has 2 rings (SSSR count). The second-order valence-corrected chi connectivity index (χ2v) is 6.56. The molecule has 0 aliphatic heterocycles. The number of anilines is 2. The summed E-state index contributed by atoms with van der Waals surface area (Å²) in [5.41, 5.74) is 5.87. The Hall–Kier alpha value is -1.54. The summed E-state index contributed by atoms with van der Waals surface area (Å²) in [7, 11) is 0. The maximum absolute atomic E-state index is 6.11. The Bertz CT molecular complexity index is 604. The third-order valence-corrected chi connectivity index (χ3v) is 3.72. The minimum atomic E-state index is 0.153. The molecule has 0 aliphatic carbocycles. The largest absolute Gasteiger partial charge is 0.353 e. The Morgan fingerprint density at radius 2 is 1.70 bits per heavy atom. The molecule has 0 radical (unpaired) electrons. The Kier molecular flexibility index (Phi) is 4.05. The fourth-order valence-electron chi connectivity index (χ4n) is 2.21. The number of halogens is 1. The zero-order valence-corrected chi connectivity index (χ0v) is 13.5. The molecular formula is C17H21ClN2. The van der Waals surface area contributed by atoms with Crippen LogP contribution in [0.3, 0.4) is 0 Å². The van der Waals surface area contributed by atoms with Gasteiger partial charge in [0.25, 0.3) is 0 Å². The van der Waals surface area contributed by atoms with E-state index in [-0.39, 0.29) is 5.41 Å². The van der Waals surface area contributed by atoms with Gasteiger partial charge in [-0.1, -0.05) is 44.5 Å². The molecule has 0 atom stereocenters. The maximum Gasteiger partial charge on any atom is 0.152 e. The van der Waals surface area contributed by atoms with E-state index in [9.17, 15) is 0 Å². The first-order valence-corrected chi connectivity index (χ1v) is 7.16. The molecule has 1 aromatic carbocycles. The molecule has 1 heterocycles. The van der Waals surface area contributed by atoms with Gasteiger partial charge in [-0.15, -0.1) is 0 Å². The topological polar surface area (TPSA) is 24.9 Å². The highest BCUT2D eigenvalue weighted by atomic mass is 35.5. The van der Waals surface area contributed by atoms with Gasteiger partial charge in [0, 0.05) is 11.9 Å². The quantitative estimate of drug-likeness (QED) is 0.749. The van der Waals surface area contributed by atoms with Crippen LogP contribution in [0.4, 0.5) is 11.4 Å². The van der Waals surface area contributed by atoms with Gasteiger partial charge in [0.2, 0.25) is 0 Å². The first-order chi connectivity index (χ1) is 9.29. The summed E-state index contributed by atoms with van der Waals surface area (Å²) in [6, 6.07) is 8.29. The number of benzene rings is 1. The van der Waals surface area contributed by atoms with Crippen LogP contribution in [0.1, 0.15) is 37.5 Å². The molecule has 0 aliphatic rings. The van der Waals surface area contributed by atoms with Crippen molar-refractivity contribution in [1.29, 1.82) is 0 Å². The van der Waals surface area contributed by atoms with Crippen molar-refractivity contribution in [3.63, 3.8) is 0 Å². The van der Waals surface area contributed by atoms with Gasteiger partial charge in [-0.3, -0.25) is 0 Å². The van der Waals surface area contributed by atoms with Crippen LogP contribution in [-0.2, 0) is 5.41 Å². The van der Waals surface area contributed by atoms with Crippen LogP contribution in [-0.4, -0.2) is 4.98 Å². The van der Waals surface area contributed by atoms with E-state index in [1.165, 1.54) is 16.7 Å². The third-order valence-electron chi connectivity index (χ3n) is 3.42. The van der Waals surface area contributed by atoms with E-state index in [1.807, 2.05) is 12.1 Å². The van der Waals surface area contributed by atoms with Crippen LogP contribution >= 0.6 is 11.6 Å². The third kappa shape index (κ3) is 3.13. The van der Waals surface area contributed by atoms with E-state index in [0.717, 1.165) is 11.4 Å². The van der Waals surface area contributed by atoms with E-state index in [0.29, 0.717) is 5.15 Å². The number of nitrogens with one attached hydrogen (secondary N) is 1. The molecule has 1 N–H and O–H groups in total. The fraction of sp³-hybridized carbons (Fsp3) is 0.353. The number of aryl methyl sites for hydroxylation is 2. The van der Waals surface area contributed by atoms with E-state index in [4.69, 9.17) is 11.6 Å². The number of rotatable bonds is 2. The second-order valence-electron chi connectivity index (χ2n) is 6.20. The molecule has 0 saturated carbocycles. The van der Waals surface area contributed by atoms with E-state index in [2.05, 4.69) is 57.1 Å². The Labute approximate surface area is 126 Å². The zero-order chi connectivity index (χ0) is 14.9. The minimum Gasteiger partial charge on any atom is -0.353 e. The monoisotopic (exact) mass is 288 g/mol. The smallest absolute Gasteiger partial charge is 0.152 e. The lowest BCUT2D eigenvalue weighted by atomic mass is 9.85. The van der Waals surface area contributed by atoms with Crippen LogP contribution in [0.5, 0.6) is 0 Å². The van der Waals surface area contributed by atoms with Crippen LogP contribution in [0.25, 0.3) is 0 Å². The van der Waals surface area contributed by atoms with Crippen molar-refractivity contribution in [3.8, 4) is 0 Å². The number of hydrogen-bond donors (Lipinski definition) is 1. The van der Waals surface area contributed by atoms with Gasteiger partial charge in [0.05, 0.1) is 5.69 Å². The lowest BCUT2D eigenvalue weighted by Gasteiger charge is -2.23. The van der Waals surface area contributed by atoms with Crippen molar-refractivity contribution in [3.05, 3.63) is 52.3 Å². The number of aromatic nitrogens is 1. The van der Waals surface area contributed by atoms with Crippen LogP contribution in [0.2, 0.25) is 5.15 Å². The summed E-state index contributed by atoms with van der Waals surface area (Å²) in [5.74, 6) is 0. The SMILES string of the molecule is Cc1cc(C(C)(C)C)cc(C)c1Nc1cccnc1Cl. The van der Waals surface area contributed by atoms with E-state index >= 15 is 0 Å². The molecule has 1 aromatic heterocycles. The van der Waals surface area contributed by atoms with Crippen LogP contribution in [0.15, 0.2) is 30.5 Å². The predicted octanol–water partition coefficient (Wildman–Crippen LogP) is 5.39. The van der Waals surface area contributed by atoms with Gasteiger partial charge in [-0.25, -0.2) is 4.98 Å². The molecule has 0 bridgehead atoms. The van der Waals surface area contributed by atoms with Crippen molar-refractivity contribution >= 4 is 23.0 Å². The first kappa shape index (κ1) is 14.9. The Balaban J connectivity index is 2.42. The second kappa shape index (κ2) is 5.45. The number of hydrogen-bond acceptors (Lipinski definition) is 2. The summed E-state index contributed by atoms with van der Waals surface area (Å²) in [6.45, 7) is 10.9. The summed E-state index contributed by atoms with van der Waals surface area (Å²) in [5, 5.41) is 3.88. The van der Waals surface area contributed by atoms with E-state index in [1.54, 1.807) is 6.20 Å². The highest BCUT2D eigenvalue weighted by Crippen LogP contribution is 2.32. The molecule has 106 valence electrons. The molecule has 0 fully saturated rings. The predicted molar refractivity (Wildman–Crippen MR) is 87.1 cm³/mol. The molecule has 2 nitrogen and oxygen atoms in total.